The second-order valence-corrected chi connectivity index (χ2v) is 7.68. The molecule has 4 nitrogen and oxygen atoms in total. The van der Waals surface area contributed by atoms with Gasteiger partial charge in [0.1, 0.15) is 5.82 Å². The summed E-state index contributed by atoms with van der Waals surface area (Å²) >= 11 is 6.04. The first-order chi connectivity index (χ1) is 12.2. The average molecular weight is 352 g/mol. The van der Waals surface area contributed by atoms with Crippen LogP contribution in [0.1, 0.15) is 37.4 Å². The van der Waals surface area contributed by atoms with E-state index in [9.17, 15) is 4.79 Å². The lowest BCUT2D eigenvalue weighted by Gasteiger charge is -2.24. The summed E-state index contributed by atoms with van der Waals surface area (Å²) in [6.07, 6.45) is 6.62. The fourth-order valence-corrected chi connectivity index (χ4v) is 4.81. The summed E-state index contributed by atoms with van der Waals surface area (Å²) in [5, 5.41) is 0.658. The molecule has 0 aliphatic heterocycles. The molecule has 0 amide bonds. The predicted molar refractivity (Wildman–Crippen MR) is 98.3 cm³/mol. The van der Waals surface area contributed by atoms with Gasteiger partial charge in [-0.2, -0.15) is 0 Å². The Hall–Kier alpha value is -2.20. The molecule has 3 aromatic rings. The number of hydrogen-bond donors (Lipinski definition) is 0. The molecule has 1 aromatic carbocycles. The van der Waals surface area contributed by atoms with Gasteiger partial charge in [0.05, 0.1) is 11.2 Å². The maximum Gasteiger partial charge on any atom is 0.284 e. The fraction of sp³-hybridized carbons (Fsp3) is 0.350. The minimum atomic E-state index is -0.0919. The van der Waals surface area contributed by atoms with E-state index in [1.807, 2.05) is 36.4 Å². The highest BCUT2D eigenvalue weighted by Crippen LogP contribution is 2.52. The first kappa shape index (κ1) is 15.1. The highest BCUT2D eigenvalue weighted by molar-refractivity contribution is 6.30. The molecule has 0 saturated heterocycles. The highest BCUT2D eigenvalue weighted by atomic mass is 35.5. The number of aromatic nitrogens is 3. The smallest absolute Gasteiger partial charge is 0.266 e. The van der Waals surface area contributed by atoms with Crippen molar-refractivity contribution in [2.24, 2.45) is 11.8 Å². The summed E-state index contributed by atoms with van der Waals surface area (Å²) < 4.78 is 1.76. The summed E-state index contributed by atoms with van der Waals surface area (Å²) in [6, 6.07) is 11.1. The molecule has 2 aromatic heterocycles. The van der Waals surface area contributed by atoms with Gasteiger partial charge >= 0.3 is 0 Å². The Morgan fingerprint density at radius 1 is 1.08 bits per heavy atom. The molecule has 0 N–H and O–H groups in total. The van der Waals surface area contributed by atoms with Crippen molar-refractivity contribution in [2.75, 3.05) is 0 Å². The second kappa shape index (κ2) is 5.67. The second-order valence-electron chi connectivity index (χ2n) is 7.24. The van der Waals surface area contributed by atoms with Crippen LogP contribution in [0.4, 0.5) is 0 Å². The zero-order valence-electron chi connectivity index (χ0n) is 13.7. The monoisotopic (exact) mass is 351 g/mol. The van der Waals surface area contributed by atoms with Crippen LogP contribution in [0.2, 0.25) is 5.02 Å². The lowest BCUT2D eigenvalue weighted by atomic mass is 9.88. The number of hydrogen-bond acceptors (Lipinski definition) is 3. The highest BCUT2D eigenvalue weighted by Gasteiger charge is 2.42. The average Bonchev–Trinajstić information content (AvgIpc) is 3.26. The largest absolute Gasteiger partial charge is 0.284 e. The van der Waals surface area contributed by atoms with Gasteiger partial charge in [-0.3, -0.25) is 9.36 Å². The molecule has 5 rings (SSSR count). The van der Waals surface area contributed by atoms with E-state index in [0.29, 0.717) is 27.9 Å². The zero-order valence-corrected chi connectivity index (χ0v) is 14.5. The van der Waals surface area contributed by atoms with Crippen molar-refractivity contribution in [3.05, 3.63) is 63.8 Å². The summed E-state index contributed by atoms with van der Waals surface area (Å²) in [6.45, 7) is 0. The standard InChI is InChI=1S/C20H18ClN3O/c21-14-5-7-15(8-6-14)24-19(16-11-12-3-4-13(16)10-12)23-17-2-1-9-22-18(17)20(24)25/h1-2,5-9,12-13,16H,3-4,10-11H2. The van der Waals surface area contributed by atoms with E-state index in [4.69, 9.17) is 16.6 Å². The third-order valence-corrected chi connectivity index (χ3v) is 6.06. The Morgan fingerprint density at radius 2 is 1.92 bits per heavy atom. The first-order valence-electron chi connectivity index (χ1n) is 8.84. The molecule has 2 heterocycles. The van der Waals surface area contributed by atoms with Crippen molar-refractivity contribution >= 4 is 22.6 Å². The van der Waals surface area contributed by atoms with E-state index in [1.165, 1.54) is 19.3 Å². The third kappa shape index (κ3) is 2.39. The normalized spacial score (nSPS) is 24.9. The van der Waals surface area contributed by atoms with Crippen molar-refractivity contribution in [1.29, 1.82) is 0 Å². The molecule has 2 aliphatic rings. The molecular formula is C20H18ClN3O. The summed E-state index contributed by atoms with van der Waals surface area (Å²) in [5.41, 5.74) is 1.83. The molecule has 5 heteroatoms. The molecule has 126 valence electrons. The predicted octanol–water partition coefficient (Wildman–Crippen LogP) is 4.34. The van der Waals surface area contributed by atoms with Gasteiger partial charge < -0.3 is 0 Å². The van der Waals surface area contributed by atoms with Gasteiger partial charge in [0.15, 0.2) is 5.52 Å². The molecular weight excluding hydrogens is 334 g/mol. The van der Waals surface area contributed by atoms with Crippen LogP contribution in [-0.2, 0) is 0 Å². The molecule has 3 atom stereocenters. The van der Waals surface area contributed by atoms with Crippen LogP contribution < -0.4 is 5.56 Å². The number of fused-ring (bicyclic) bond motifs is 3. The van der Waals surface area contributed by atoms with Gasteiger partial charge in [0.25, 0.3) is 5.56 Å². The number of pyridine rings is 1. The number of nitrogens with zero attached hydrogens (tertiary/aromatic N) is 3. The first-order valence-corrected chi connectivity index (χ1v) is 9.22. The van der Waals surface area contributed by atoms with Crippen molar-refractivity contribution < 1.29 is 0 Å². The van der Waals surface area contributed by atoms with E-state index >= 15 is 0 Å². The van der Waals surface area contributed by atoms with E-state index in [0.717, 1.165) is 23.9 Å². The van der Waals surface area contributed by atoms with Gasteiger partial charge in [-0.25, -0.2) is 9.97 Å². The van der Waals surface area contributed by atoms with Crippen LogP contribution in [-0.4, -0.2) is 14.5 Å². The van der Waals surface area contributed by atoms with Crippen LogP contribution in [0.3, 0.4) is 0 Å². The van der Waals surface area contributed by atoms with Gasteiger partial charge in [-0.15, -0.1) is 0 Å². The topological polar surface area (TPSA) is 47.8 Å². The van der Waals surface area contributed by atoms with Gasteiger partial charge in [-0.05, 0) is 67.5 Å². The third-order valence-electron chi connectivity index (χ3n) is 5.81. The van der Waals surface area contributed by atoms with Crippen LogP contribution >= 0.6 is 11.6 Å². The van der Waals surface area contributed by atoms with Crippen LogP contribution in [0, 0.1) is 11.8 Å². The summed E-state index contributed by atoms with van der Waals surface area (Å²) in [5.74, 6) is 2.67. The zero-order chi connectivity index (χ0) is 17.0. The Bertz CT molecular complexity index is 1010. The minimum Gasteiger partial charge on any atom is -0.266 e. The Morgan fingerprint density at radius 3 is 2.64 bits per heavy atom. The van der Waals surface area contributed by atoms with Crippen LogP contribution in [0.15, 0.2) is 47.4 Å². The molecule has 2 fully saturated rings. The van der Waals surface area contributed by atoms with Crippen LogP contribution in [0.25, 0.3) is 16.7 Å². The lowest BCUT2D eigenvalue weighted by molar-refractivity contribution is 0.399. The van der Waals surface area contributed by atoms with Crippen molar-refractivity contribution in [3.8, 4) is 5.69 Å². The molecule has 3 unspecified atom stereocenters. The number of benzene rings is 1. The number of rotatable bonds is 2. The van der Waals surface area contributed by atoms with E-state index in [1.54, 1.807) is 10.8 Å². The Balaban J connectivity index is 1.78. The van der Waals surface area contributed by atoms with Crippen molar-refractivity contribution in [3.63, 3.8) is 0 Å². The Kier molecular flexibility index (Phi) is 3.42. The summed E-state index contributed by atoms with van der Waals surface area (Å²) in [7, 11) is 0. The van der Waals surface area contributed by atoms with Gasteiger partial charge in [0, 0.05) is 17.1 Å². The quantitative estimate of drug-likeness (QED) is 0.690. The minimum absolute atomic E-state index is 0.0919. The molecule has 25 heavy (non-hydrogen) atoms. The lowest BCUT2D eigenvalue weighted by Crippen LogP contribution is -2.28. The van der Waals surface area contributed by atoms with Crippen molar-refractivity contribution in [2.45, 2.75) is 31.6 Å². The fourth-order valence-electron chi connectivity index (χ4n) is 4.68. The van der Waals surface area contributed by atoms with Crippen molar-refractivity contribution in [1.82, 2.24) is 14.5 Å². The van der Waals surface area contributed by atoms with Crippen LogP contribution in [0.5, 0.6) is 0 Å². The molecule has 2 bridgehead atoms. The Labute approximate surface area is 150 Å². The SMILES string of the molecule is O=c1c2ncccc2nc(C2CC3CCC2C3)n1-c1ccc(Cl)cc1. The van der Waals surface area contributed by atoms with E-state index in [-0.39, 0.29) is 5.56 Å². The van der Waals surface area contributed by atoms with E-state index in [2.05, 4.69) is 4.98 Å². The van der Waals surface area contributed by atoms with E-state index < -0.39 is 0 Å². The molecule has 0 spiro atoms. The van der Waals surface area contributed by atoms with Gasteiger partial charge in [0.2, 0.25) is 0 Å². The number of halogens is 1. The maximum atomic E-state index is 13.2. The maximum absolute atomic E-state index is 13.2. The van der Waals surface area contributed by atoms with Gasteiger partial charge in [-0.1, -0.05) is 18.0 Å². The summed E-state index contributed by atoms with van der Waals surface area (Å²) in [4.78, 5) is 22.4. The molecule has 2 aliphatic carbocycles. The molecule has 0 radical (unpaired) electrons. The molecule has 2 saturated carbocycles.